The van der Waals surface area contributed by atoms with Crippen LogP contribution in [-0.2, 0) is 23.9 Å². The zero-order chi connectivity index (χ0) is 29.4. The molecule has 0 spiro atoms. The lowest BCUT2D eigenvalue weighted by molar-refractivity contribution is -0.388. The van der Waals surface area contributed by atoms with Crippen LogP contribution in [0.3, 0.4) is 0 Å². The summed E-state index contributed by atoms with van der Waals surface area (Å²) in [4.78, 5) is 74.0. The number of hydrogen-bond acceptors (Lipinski definition) is 11. The van der Waals surface area contributed by atoms with Gasteiger partial charge < -0.3 is 20.7 Å². The summed E-state index contributed by atoms with van der Waals surface area (Å²) in [6, 6.07) is 0.862. The summed E-state index contributed by atoms with van der Waals surface area (Å²) in [6.07, 6.45) is 2.17. The topological polar surface area (TPSA) is 199 Å². The van der Waals surface area contributed by atoms with Crippen molar-refractivity contribution in [3.63, 3.8) is 0 Å². The number of nitrogens with one attached hydrogen (secondary N) is 4. The van der Waals surface area contributed by atoms with Crippen LogP contribution in [-0.4, -0.2) is 70.1 Å². The Hall–Kier alpha value is -3.40. The first-order valence-electron chi connectivity index (χ1n) is 12.1. The Morgan fingerprint density at radius 1 is 1.15 bits per heavy atom. The van der Waals surface area contributed by atoms with Gasteiger partial charge in [0, 0.05) is 31.0 Å². The number of imide groups is 1. The van der Waals surface area contributed by atoms with E-state index in [0.717, 1.165) is 21.6 Å². The molecule has 39 heavy (non-hydrogen) atoms. The minimum absolute atomic E-state index is 0.0560. The van der Waals surface area contributed by atoms with E-state index in [1.165, 1.54) is 18.3 Å². The van der Waals surface area contributed by atoms with Gasteiger partial charge in [-0.15, -0.1) is 0 Å². The van der Waals surface area contributed by atoms with E-state index in [2.05, 4.69) is 20.9 Å². The maximum atomic E-state index is 12.8. The zero-order valence-electron chi connectivity index (χ0n) is 22.2. The van der Waals surface area contributed by atoms with E-state index < -0.39 is 40.5 Å². The van der Waals surface area contributed by atoms with E-state index in [-0.39, 0.29) is 48.2 Å². The van der Waals surface area contributed by atoms with Crippen LogP contribution in [0.25, 0.3) is 0 Å². The molecule has 0 radical (unpaired) electrons. The second-order valence-corrected chi connectivity index (χ2v) is 11.4. The molecule has 0 bridgehead atoms. The van der Waals surface area contributed by atoms with Crippen molar-refractivity contribution in [2.75, 3.05) is 12.3 Å². The number of alkyl carbamates (subject to hydrolysis) is 1. The van der Waals surface area contributed by atoms with Crippen molar-refractivity contribution in [3.8, 4) is 0 Å². The first-order chi connectivity index (χ1) is 18.4. The third kappa shape index (κ3) is 13.8. The SMILES string of the molecule is CCC(=O)NC(CCCCNC(=O)C(CSSc1ncccc1[N+](=O)[O-])NC(=O)OC(C)(C)C)C(=O)NC=O. The van der Waals surface area contributed by atoms with Gasteiger partial charge in [-0.1, -0.05) is 17.7 Å². The quantitative estimate of drug-likeness (QED) is 0.0727. The predicted octanol–water partition coefficient (Wildman–Crippen LogP) is 2.08. The van der Waals surface area contributed by atoms with Crippen LogP contribution in [0.1, 0.15) is 53.4 Å². The Bertz CT molecular complexity index is 1020. The Morgan fingerprint density at radius 3 is 2.49 bits per heavy atom. The van der Waals surface area contributed by atoms with Crippen molar-refractivity contribution >= 4 is 57.5 Å². The van der Waals surface area contributed by atoms with Gasteiger partial charge >= 0.3 is 11.8 Å². The molecular formula is C23H34N6O8S2. The lowest BCUT2D eigenvalue weighted by atomic mass is 10.1. The number of hydrogen-bond donors (Lipinski definition) is 4. The Kier molecular flexibility index (Phi) is 14.9. The average Bonchev–Trinajstić information content (AvgIpc) is 2.86. The maximum Gasteiger partial charge on any atom is 0.408 e. The van der Waals surface area contributed by atoms with Gasteiger partial charge in [-0.05, 0) is 56.9 Å². The summed E-state index contributed by atoms with van der Waals surface area (Å²) < 4.78 is 5.24. The summed E-state index contributed by atoms with van der Waals surface area (Å²) >= 11 is 0. The zero-order valence-corrected chi connectivity index (χ0v) is 23.8. The average molecular weight is 587 g/mol. The molecule has 0 aliphatic heterocycles. The van der Waals surface area contributed by atoms with Gasteiger partial charge in [0.05, 0.1) is 4.92 Å². The van der Waals surface area contributed by atoms with Crippen molar-refractivity contribution in [3.05, 3.63) is 28.4 Å². The summed E-state index contributed by atoms with van der Waals surface area (Å²) in [5.74, 6) is -1.41. The molecule has 1 aromatic rings. The summed E-state index contributed by atoms with van der Waals surface area (Å²) in [6.45, 7) is 6.88. The van der Waals surface area contributed by atoms with Crippen LogP contribution >= 0.6 is 21.6 Å². The van der Waals surface area contributed by atoms with E-state index in [9.17, 15) is 34.1 Å². The highest BCUT2D eigenvalue weighted by molar-refractivity contribution is 8.76. The van der Waals surface area contributed by atoms with E-state index in [0.29, 0.717) is 12.8 Å². The van der Waals surface area contributed by atoms with E-state index in [1.54, 1.807) is 27.7 Å². The molecule has 0 aliphatic carbocycles. The van der Waals surface area contributed by atoms with Gasteiger partial charge in [0.2, 0.25) is 24.1 Å². The van der Waals surface area contributed by atoms with Crippen molar-refractivity contribution in [1.82, 2.24) is 26.3 Å². The number of nitrogens with zero attached hydrogens (tertiary/aromatic N) is 2. The second-order valence-electron chi connectivity index (χ2n) is 9.04. The van der Waals surface area contributed by atoms with Crippen molar-refractivity contribution in [2.24, 2.45) is 0 Å². The third-order valence-corrected chi connectivity index (χ3v) is 7.02. The molecule has 0 aliphatic rings. The molecule has 0 saturated carbocycles. The van der Waals surface area contributed by atoms with E-state index in [4.69, 9.17) is 4.74 Å². The molecule has 0 saturated heterocycles. The van der Waals surface area contributed by atoms with Crippen LogP contribution < -0.4 is 21.3 Å². The molecule has 5 amide bonds. The first kappa shape index (κ1) is 33.6. The smallest absolute Gasteiger partial charge is 0.408 e. The largest absolute Gasteiger partial charge is 0.444 e. The van der Waals surface area contributed by atoms with Crippen molar-refractivity contribution in [1.29, 1.82) is 0 Å². The number of carbonyl (C=O) groups excluding carboxylic acids is 5. The Balaban J connectivity index is 2.71. The van der Waals surface area contributed by atoms with Crippen LogP contribution in [0.5, 0.6) is 0 Å². The predicted molar refractivity (Wildman–Crippen MR) is 146 cm³/mol. The minimum Gasteiger partial charge on any atom is -0.444 e. The monoisotopic (exact) mass is 586 g/mol. The van der Waals surface area contributed by atoms with Crippen LogP contribution in [0.15, 0.2) is 23.4 Å². The highest BCUT2D eigenvalue weighted by atomic mass is 33.1. The fourth-order valence-corrected chi connectivity index (χ4v) is 5.12. The molecular weight excluding hydrogens is 552 g/mol. The highest BCUT2D eigenvalue weighted by Crippen LogP contribution is 2.35. The number of unbranched alkanes of at least 4 members (excludes halogenated alkanes) is 1. The van der Waals surface area contributed by atoms with Crippen LogP contribution in [0.4, 0.5) is 10.5 Å². The Labute approximate surface area is 234 Å². The lowest BCUT2D eigenvalue weighted by Crippen LogP contribution is -2.49. The molecule has 4 N–H and O–H groups in total. The van der Waals surface area contributed by atoms with Gasteiger partial charge in [-0.25, -0.2) is 9.78 Å². The molecule has 1 heterocycles. The minimum atomic E-state index is -1.02. The molecule has 16 heteroatoms. The van der Waals surface area contributed by atoms with Gasteiger partial charge in [0.15, 0.2) is 5.03 Å². The molecule has 2 atom stereocenters. The van der Waals surface area contributed by atoms with Crippen molar-refractivity contribution in [2.45, 2.75) is 76.1 Å². The summed E-state index contributed by atoms with van der Waals surface area (Å²) in [5.41, 5.74) is -0.965. The molecule has 2 unspecified atom stereocenters. The number of nitro groups is 1. The van der Waals surface area contributed by atoms with Gasteiger partial charge in [-0.2, -0.15) is 0 Å². The molecule has 14 nitrogen and oxygen atoms in total. The highest BCUT2D eigenvalue weighted by Gasteiger charge is 2.26. The second kappa shape index (κ2) is 17.2. The lowest BCUT2D eigenvalue weighted by Gasteiger charge is -2.23. The number of rotatable bonds is 16. The molecule has 1 rings (SSSR count). The fraction of sp³-hybridized carbons (Fsp3) is 0.565. The number of pyridine rings is 1. The normalized spacial score (nSPS) is 12.4. The fourth-order valence-electron chi connectivity index (χ4n) is 2.91. The van der Waals surface area contributed by atoms with Gasteiger partial charge in [0.1, 0.15) is 17.7 Å². The first-order valence-corrected chi connectivity index (χ1v) is 14.4. The van der Waals surface area contributed by atoms with Crippen LogP contribution in [0.2, 0.25) is 0 Å². The van der Waals surface area contributed by atoms with Crippen molar-refractivity contribution < 1.29 is 33.6 Å². The van der Waals surface area contributed by atoms with E-state index >= 15 is 0 Å². The number of ether oxygens (including phenoxy) is 1. The van der Waals surface area contributed by atoms with E-state index in [1.807, 2.05) is 5.32 Å². The number of amides is 5. The van der Waals surface area contributed by atoms with Crippen LogP contribution in [0, 0.1) is 10.1 Å². The summed E-state index contributed by atoms with van der Waals surface area (Å²) in [5, 5.41) is 21.2. The van der Waals surface area contributed by atoms with Gasteiger partial charge in [-0.3, -0.25) is 34.6 Å². The maximum absolute atomic E-state index is 12.8. The number of aromatic nitrogens is 1. The molecule has 0 aromatic carbocycles. The molecule has 0 fully saturated rings. The molecule has 1 aromatic heterocycles. The summed E-state index contributed by atoms with van der Waals surface area (Å²) in [7, 11) is 2.11. The standard InChI is InChI=1S/C23H34N6O8S2/c1-5-18(31)27-15(19(32)26-14-30)9-6-7-11-24-20(33)16(28-22(34)37-23(2,3)4)13-38-39-21-17(29(35)36)10-8-12-25-21/h8,10,12,14-16H,5-7,9,11,13H2,1-4H3,(H,24,33)(H,27,31)(H,28,34)(H,26,30,32). The van der Waals surface area contributed by atoms with Gasteiger partial charge in [0.25, 0.3) is 0 Å². The molecule has 216 valence electrons. The number of carbonyl (C=O) groups is 5. The third-order valence-electron chi connectivity index (χ3n) is 4.72. The Morgan fingerprint density at radius 2 is 1.87 bits per heavy atom.